The number of ether oxygens (including phenoxy) is 2. The van der Waals surface area contributed by atoms with Gasteiger partial charge in [-0.2, -0.15) is 0 Å². The second kappa shape index (κ2) is 12.3. The van der Waals surface area contributed by atoms with E-state index >= 15 is 0 Å². The predicted molar refractivity (Wildman–Crippen MR) is 144 cm³/mol. The van der Waals surface area contributed by atoms with Crippen LogP contribution in [0.4, 0.5) is 0 Å². The molecule has 1 unspecified atom stereocenters. The van der Waals surface area contributed by atoms with Crippen LogP contribution in [0.15, 0.2) is 36.4 Å². The molecule has 0 bridgehead atoms. The minimum atomic E-state index is -0.639. The highest BCUT2D eigenvalue weighted by Gasteiger charge is 2.39. The molecule has 39 heavy (non-hydrogen) atoms. The third-order valence-corrected chi connectivity index (χ3v) is 7.76. The summed E-state index contributed by atoms with van der Waals surface area (Å²) in [6, 6.07) is 10.4. The summed E-state index contributed by atoms with van der Waals surface area (Å²) in [5.41, 5.74) is 3.22. The van der Waals surface area contributed by atoms with E-state index < -0.39 is 11.9 Å². The predicted octanol–water partition coefficient (Wildman–Crippen LogP) is 2.56. The number of nitrogens with one attached hydrogen (secondary N) is 1. The van der Waals surface area contributed by atoms with Gasteiger partial charge in [-0.15, -0.1) is 0 Å². The molecule has 0 aliphatic carbocycles. The van der Waals surface area contributed by atoms with Crippen molar-refractivity contribution in [3.63, 3.8) is 0 Å². The number of ketones is 1. The number of aryl methyl sites for hydroxylation is 1. The van der Waals surface area contributed by atoms with Crippen LogP contribution in [0.5, 0.6) is 5.75 Å². The second-order valence-electron chi connectivity index (χ2n) is 10.2. The van der Waals surface area contributed by atoms with E-state index in [9.17, 15) is 19.2 Å². The fourth-order valence-electron chi connectivity index (χ4n) is 5.26. The maximum absolute atomic E-state index is 12.9. The molecular weight excluding hydrogens is 522 g/mol. The van der Waals surface area contributed by atoms with Gasteiger partial charge in [-0.25, -0.2) is 0 Å². The monoisotopic (exact) mass is 553 g/mol. The first-order valence-electron chi connectivity index (χ1n) is 13.4. The molecule has 0 spiro atoms. The molecule has 1 N–H and O–H groups in total. The van der Waals surface area contributed by atoms with E-state index in [2.05, 4.69) is 10.2 Å². The normalized spacial score (nSPS) is 19.7. The molecule has 5 rings (SSSR count). The lowest BCUT2D eigenvalue weighted by Crippen LogP contribution is -2.52. The smallest absolute Gasteiger partial charge is 0.255 e. The molecular formula is C29H32ClN3O6. The summed E-state index contributed by atoms with van der Waals surface area (Å²) in [5, 5.41) is 2.84. The van der Waals surface area contributed by atoms with Gasteiger partial charge in [0.15, 0.2) is 0 Å². The van der Waals surface area contributed by atoms with Gasteiger partial charge in [0, 0.05) is 51.0 Å². The van der Waals surface area contributed by atoms with Gasteiger partial charge in [0.1, 0.15) is 24.2 Å². The van der Waals surface area contributed by atoms with Crippen LogP contribution >= 0.6 is 11.6 Å². The fraction of sp³-hybridized carbons (Fsp3) is 0.448. The van der Waals surface area contributed by atoms with E-state index in [0.717, 1.165) is 49.5 Å². The lowest BCUT2D eigenvalue weighted by molar-refractivity contribution is -0.137. The maximum Gasteiger partial charge on any atom is 0.255 e. The number of Topliss-reactive ketones (excluding diaryl/α,β-unsaturated/α-hetero) is 1. The van der Waals surface area contributed by atoms with E-state index in [4.69, 9.17) is 21.1 Å². The van der Waals surface area contributed by atoms with Gasteiger partial charge in [0.2, 0.25) is 11.8 Å². The minimum absolute atomic E-state index is 0.0957. The van der Waals surface area contributed by atoms with Crippen LogP contribution in [0.3, 0.4) is 0 Å². The molecule has 9 nitrogen and oxygen atoms in total. The fourth-order valence-corrected chi connectivity index (χ4v) is 5.43. The number of imide groups is 1. The molecule has 3 aliphatic heterocycles. The number of fused-ring (bicyclic) bond motifs is 1. The number of amides is 3. The molecule has 10 heteroatoms. The molecule has 1 atom stereocenters. The van der Waals surface area contributed by atoms with Crippen molar-refractivity contribution in [2.24, 2.45) is 0 Å². The Labute approximate surface area is 232 Å². The third-order valence-electron chi connectivity index (χ3n) is 7.45. The average Bonchev–Trinajstić information content (AvgIpc) is 3.25. The standard InChI is InChI=1S/C29H32ClN3O6/c30-24-6-3-20(17-26(24)39-14-11-32-9-12-38-13-10-32)16-22(34)4-1-19-2-5-23-21(15-19)18-33(29(23)37)25-7-8-27(35)31-28(25)36/h2-3,5-6,15,17,25H,1,4,7-14,16,18H2,(H,31,35,36). The first-order valence-corrected chi connectivity index (χ1v) is 13.7. The van der Waals surface area contributed by atoms with E-state index in [0.29, 0.717) is 48.7 Å². The van der Waals surface area contributed by atoms with Crippen molar-refractivity contribution in [1.29, 1.82) is 0 Å². The molecule has 2 aromatic carbocycles. The first kappa shape index (κ1) is 27.3. The summed E-state index contributed by atoms with van der Waals surface area (Å²) in [7, 11) is 0. The van der Waals surface area contributed by atoms with E-state index in [1.54, 1.807) is 12.1 Å². The Kier molecular flexibility index (Phi) is 8.60. The highest BCUT2D eigenvalue weighted by Crippen LogP contribution is 2.29. The number of hydrogen-bond acceptors (Lipinski definition) is 7. The number of piperidine rings is 1. The molecule has 0 aromatic heterocycles. The summed E-state index contributed by atoms with van der Waals surface area (Å²) in [5.74, 6) is -0.255. The summed E-state index contributed by atoms with van der Waals surface area (Å²) in [4.78, 5) is 53.2. The Balaban J connectivity index is 1.12. The van der Waals surface area contributed by atoms with Gasteiger partial charge in [0.25, 0.3) is 5.91 Å². The van der Waals surface area contributed by atoms with Crippen LogP contribution < -0.4 is 10.1 Å². The van der Waals surface area contributed by atoms with Gasteiger partial charge < -0.3 is 14.4 Å². The van der Waals surface area contributed by atoms with Gasteiger partial charge in [0.05, 0.1) is 18.2 Å². The largest absolute Gasteiger partial charge is 0.491 e. The van der Waals surface area contributed by atoms with E-state index in [1.165, 1.54) is 4.90 Å². The topological polar surface area (TPSA) is 105 Å². The number of hydrogen-bond donors (Lipinski definition) is 1. The molecule has 3 aliphatic rings. The Morgan fingerprint density at radius 2 is 1.87 bits per heavy atom. The number of carbonyl (C=O) groups is 4. The van der Waals surface area contributed by atoms with Crippen LogP contribution in [0.25, 0.3) is 0 Å². The quantitative estimate of drug-likeness (QED) is 0.451. The molecule has 3 amide bonds. The lowest BCUT2D eigenvalue weighted by atomic mass is 9.99. The van der Waals surface area contributed by atoms with Crippen molar-refractivity contribution in [3.05, 3.63) is 63.7 Å². The second-order valence-corrected chi connectivity index (χ2v) is 10.6. The van der Waals surface area contributed by atoms with E-state index in [-0.39, 0.29) is 30.4 Å². The zero-order chi connectivity index (χ0) is 27.4. The van der Waals surface area contributed by atoms with Crippen LogP contribution in [0, 0.1) is 0 Å². The molecule has 2 saturated heterocycles. The Morgan fingerprint density at radius 3 is 2.67 bits per heavy atom. The van der Waals surface area contributed by atoms with Crippen molar-refractivity contribution >= 4 is 35.1 Å². The van der Waals surface area contributed by atoms with Gasteiger partial charge in [-0.3, -0.25) is 29.4 Å². The summed E-state index contributed by atoms with van der Waals surface area (Å²) >= 11 is 6.32. The lowest BCUT2D eigenvalue weighted by Gasteiger charge is -2.29. The Bertz CT molecular complexity index is 1280. The van der Waals surface area contributed by atoms with Gasteiger partial charge >= 0.3 is 0 Å². The SMILES string of the molecule is O=C(CCc1ccc2c(c1)CN(C1CCC(=O)NC1=O)C2=O)Cc1ccc(Cl)c(OCCN2CCOCC2)c1. The zero-order valence-corrected chi connectivity index (χ0v) is 22.5. The number of carbonyl (C=O) groups excluding carboxylic acids is 4. The summed E-state index contributed by atoms with van der Waals surface area (Å²) < 4.78 is 11.3. The first-order chi connectivity index (χ1) is 18.9. The number of rotatable bonds is 10. The average molecular weight is 554 g/mol. The number of nitrogens with zero attached hydrogens (tertiary/aromatic N) is 2. The molecule has 206 valence electrons. The highest BCUT2D eigenvalue weighted by molar-refractivity contribution is 6.32. The van der Waals surface area contributed by atoms with Crippen molar-refractivity contribution in [2.75, 3.05) is 39.5 Å². The van der Waals surface area contributed by atoms with Crippen LogP contribution in [0.1, 0.15) is 46.3 Å². The summed E-state index contributed by atoms with van der Waals surface area (Å²) in [6.45, 7) is 4.89. The molecule has 3 heterocycles. The minimum Gasteiger partial charge on any atom is -0.491 e. The molecule has 2 fully saturated rings. The van der Waals surface area contributed by atoms with E-state index in [1.807, 2.05) is 24.3 Å². The Hall–Kier alpha value is -3.27. The van der Waals surface area contributed by atoms with Crippen molar-refractivity contribution in [1.82, 2.24) is 15.1 Å². The number of halogens is 1. The molecule has 2 aromatic rings. The van der Waals surface area contributed by atoms with Crippen LogP contribution in [0.2, 0.25) is 5.02 Å². The highest BCUT2D eigenvalue weighted by atomic mass is 35.5. The summed E-state index contributed by atoms with van der Waals surface area (Å²) in [6.07, 6.45) is 1.75. The van der Waals surface area contributed by atoms with Gasteiger partial charge in [-0.1, -0.05) is 29.8 Å². The molecule has 0 radical (unpaired) electrons. The van der Waals surface area contributed by atoms with Gasteiger partial charge in [-0.05, 0) is 47.7 Å². The van der Waals surface area contributed by atoms with Crippen LogP contribution in [-0.4, -0.2) is 78.8 Å². The molecule has 0 saturated carbocycles. The maximum atomic E-state index is 12.9. The van der Waals surface area contributed by atoms with Crippen molar-refractivity contribution in [2.45, 2.75) is 44.7 Å². The Morgan fingerprint density at radius 1 is 1.08 bits per heavy atom. The third kappa shape index (κ3) is 6.66. The number of morpholine rings is 1. The van der Waals surface area contributed by atoms with Crippen LogP contribution in [-0.2, 0) is 38.5 Å². The van der Waals surface area contributed by atoms with Crippen molar-refractivity contribution < 1.29 is 28.7 Å². The zero-order valence-electron chi connectivity index (χ0n) is 21.7. The van der Waals surface area contributed by atoms with Crippen molar-refractivity contribution in [3.8, 4) is 5.75 Å². The number of benzene rings is 2.